The van der Waals surface area contributed by atoms with Crippen molar-refractivity contribution in [3.05, 3.63) is 41.0 Å². The van der Waals surface area contributed by atoms with E-state index in [2.05, 4.69) is 11.1 Å². The molecule has 2 aromatic rings. The number of hydrogen-bond donors (Lipinski definition) is 0. The van der Waals surface area contributed by atoms with Gasteiger partial charge >= 0.3 is 0 Å². The fourth-order valence-corrected chi connectivity index (χ4v) is 2.18. The van der Waals surface area contributed by atoms with Gasteiger partial charge in [0.05, 0.1) is 27.7 Å². The minimum Gasteiger partial charge on any atom is -0.249 e. The number of aromatic nitrogens is 1. The maximum absolute atomic E-state index is 8.94. The molecule has 0 N–H and O–H groups in total. The van der Waals surface area contributed by atoms with Gasteiger partial charge in [-0.05, 0) is 13.0 Å². The highest BCUT2D eigenvalue weighted by atomic mass is 32.1. The van der Waals surface area contributed by atoms with Gasteiger partial charge in [0.2, 0.25) is 0 Å². The Kier molecular flexibility index (Phi) is 2.30. The van der Waals surface area contributed by atoms with Crippen molar-refractivity contribution in [3.8, 4) is 16.5 Å². The number of rotatable bonds is 1. The topological polar surface area (TPSA) is 36.7 Å². The molecule has 0 unspecified atom stereocenters. The summed E-state index contributed by atoms with van der Waals surface area (Å²) in [6, 6.07) is 9.79. The lowest BCUT2D eigenvalue weighted by molar-refractivity contribution is 1.27. The molecule has 0 aliphatic rings. The summed E-state index contributed by atoms with van der Waals surface area (Å²) < 4.78 is 0. The predicted octanol–water partition coefficient (Wildman–Crippen LogP) is 2.99. The molecule has 0 atom stereocenters. The van der Waals surface area contributed by atoms with E-state index in [1.807, 2.05) is 31.2 Å². The molecule has 0 radical (unpaired) electrons. The highest BCUT2D eigenvalue weighted by molar-refractivity contribution is 7.13. The standard InChI is InChI=1S/C11H8N2S/c1-8-11(14-7-13-8)10-5-3-2-4-9(10)6-12/h2-5,7H,1H3. The summed E-state index contributed by atoms with van der Waals surface area (Å²) in [5.74, 6) is 0. The van der Waals surface area contributed by atoms with Gasteiger partial charge in [-0.2, -0.15) is 5.26 Å². The van der Waals surface area contributed by atoms with Crippen molar-refractivity contribution in [2.45, 2.75) is 6.92 Å². The number of nitriles is 1. The number of aryl methyl sites for hydroxylation is 1. The van der Waals surface area contributed by atoms with E-state index in [9.17, 15) is 0 Å². The van der Waals surface area contributed by atoms with E-state index in [1.54, 1.807) is 16.8 Å². The normalized spacial score (nSPS) is 9.71. The van der Waals surface area contributed by atoms with Gasteiger partial charge < -0.3 is 0 Å². The molecular formula is C11H8N2S. The van der Waals surface area contributed by atoms with Crippen LogP contribution in [0.15, 0.2) is 29.8 Å². The molecule has 1 aromatic carbocycles. The van der Waals surface area contributed by atoms with Crippen LogP contribution in [0.3, 0.4) is 0 Å². The molecule has 68 valence electrons. The van der Waals surface area contributed by atoms with Gasteiger partial charge in [0.15, 0.2) is 0 Å². The summed E-state index contributed by atoms with van der Waals surface area (Å²) in [5, 5.41) is 8.94. The first kappa shape index (κ1) is 8.92. The van der Waals surface area contributed by atoms with Gasteiger partial charge in [0, 0.05) is 5.56 Å². The van der Waals surface area contributed by atoms with E-state index in [-0.39, 0.29) is 0 Å². The predicted molar refractivity (Wildman–Crippen MR) is 57.0 cm³/mol. The van der Waals surface area contributed by atoms with Crippen molar-refractivity contribution in [1.29, 1.82) is 5.26 Å². The van der Waals surface area contributed by atoms with E-state index in [1.165, 1.54) is 0 Å². The zero-order chi connectivity index (χ0) is 9.97. The van der Waals surface area contributed by atoms with Crippen LogP contribution < -0.4 is 0 Å². The Morgan fingerprint density at radius 1 is 1.36 bits per heavy atom. The molecule has 2 rings (SSSR count). The fraction of sp³-hybridized carbons (Fsp3) is 0.0909. The summed E-state index contributed by atoms with van der Waals surface area (Å²) in [7, 11) is 0. The Morgan fingerprint density at radius 2 is 2.14 bits per heavy atom. The average Bonchev–Trinajstić information content (AvgIpc) is 2.64. The molecule has 2 nitrogen and oxygen atoms in total. The zero-order valence-corrected chi connectivity index (χ0v) is 8.51. The third-order valence-corrected chi connectivity index (χ3v) is 3.00. The van der Waals surface area contributed by atoms with Crippen molar-refractivity contribution < 1.29 is 0 Å². The molecule has 0 saturated heterocycles. The number of nitrogens with zero attached hydrogens (tertiary/aromatic N) is 2. The third-order valence-electron chi connectivity index (χ3n) is 2.04. The van der Waals surface area contributed by atoms with E-state index in [0.29, 0.717) is 5.56 Å². The van der Waals surface area contributed by atoms with Crippen molar-refractivity contribution in [3.63, 3.8) is 0 Å². The second kappa shape index (κ2) is 3.60. The summed E-state index contributed by atoms with van der Waals surface area (Å²) in [5.41, 5.74) is 4.48. The van der Waals surface area contributed by atoms with E-state index in [4.69, 9.17) is 5.26 Å². The molecule has 0 aliphatic heterocycles. The number of benzene rings is 1. The second-order valence-electron chi connectivity index (χ2n) is 2.92. The van der Waals surface area contributed by atoms with E-state index >= 15 is 0 Å². The fourth-order valence-electron chi connectivity index (χ4n) is 1.34. The maximum Gasteiger partial charge on any atom is 0.0998 e. The Morgan fingerprint density at radius 3 is 2.79 bits per heavy atom. The van der Waals surface area contributed by atoms with Crippen LogP contribution in [0.2, 0.25) is 0 Å². The first-order valence-corrected chi connectivity index (χ1v) is 5.10. The van der Waals surface area contributed by atoms with Gasteiger partial charge in [-0.3, -0.25) is 0 Å². The lowest BCUT2D eigenvalue weighted by Crippen LogP contribution is -1.82. The van der Waals surface area contributed by atoms with Crippen LogP contribution in [0.1, 0.15) is 11.3 Å². The van der Waals surface area contributed by atoms with Crippen LogP contribution in [0, 0.1) is 18.3 Å². The smallest absolute Gasteiger partial charge is 0.0998 e. The first-order chi connectivity index (χ1) is 6.83. The largest absolute Gasteiger partial charge is 0.249 e. The van der Waals surface area contributed by atoms with Crippen LogP contribution in [-0.4, -0.2) is 4.98 Å². The molecule has 1 aromatic heterocycles. The van der Waals surface area contributed by atoms with Crippen molar-refractivity contribution in [1.82, 2.24) is 4.98 Å². The van der Waals surface area contributed by atoms with Crippen LogP contribution in [0.4, 0.5) is 0 Å². The van der Waals surface area contributed by atoms with Crippen LogP contribution in [0.5, 0.6) is 0 Å². The Labute approximate surface area is 86.5 Å². The molecule has 14 heavy (non-hydrogen) atoms. The van der Waals surface area contributed by atoms with Crippen molar-refractivity contribution in [2.75, 3.05) is 0 Å². The molecule has 0 bridgehead atoms. The second-order valence-corrected chi connectivity index (χ2v) is 3.78. The molecule has 3 heteroatoms. The Bertz CT molecular complexity index is 494. The summed E-state index contributed by atoms with van der Waals surface area (Å²) >= 11 is 1.57. The number of hydrogen-bond acceptors (Lipinski definition) is 3. The molecular weight excluding hydrogens is 192 g/mol. The Balaban J connectivity index is 2.64. The van der Waals surface area contributed by atoms with Crippen LogP contribution in [-0.2, 0) is 0 Å². The van der Waals surface area contributed by atoms with Gasteiger partial charge in [0.25, 0.3) is 0 Å². The Hall–Kier alpha value is -1.66. The van der Waals surface area contributed by atoms with Gasteiger partial charge in [-0.25, -0.2) is 4.98 Å². The SMILES string of the molecule is Cc1ncsc1-c1ccccc1C#N. The van der Waals surface area contributed by atoms with Crippen LogP contribution in [0.25, 0.3) is 10.4 Å². The van der Waals surface area contributed by atoms with Gasteiger partial charge in [0.1, 0.15) is 0 Å². The number of thiazole rings is 1. The zero-order valence-electron chi connectivity index (χ0n) is 7.69. The van der Waals surface area contributed by atoms with Crippen LogP contribution >= 0.6 is 11.3 Å². The first-order valence-electron chi connectivity index (χ1n) is 4.22. The molecule has 1 heterocycles. The summed E-state index contributed by atoms with van der Waals surface area (Å²) in [4.78, 5) is 5.26. The maximum atomic E-state index is 8.94. The molecule has 0 spiro atoms. The van der Waals surface area contributed by atoms with Crippen molar-refractivity contribution >= 4 is 11.3 Å². The summed E-state index contributed by atoms with van der Waals surface area (Å²) in [6.45, 7) is 1.96. The highest BCUT2D eigenvalue weighted by Gasteiger charge is 2.08. The molecule has 0 saturated carbocycles. The van der Waals surface area contributed by atoms with E-state index < -0.39 is 0 Å². The highest BCUT2D eigenvalue weighted by Crippen LogP contribution is 2.29. The molecule has 0 fully saturated rings. The lowest BCUT2D eigenvalue weighted by Gasteiger charge is -2.00. The average molecular weight is 200 g/mol. The lowest BCUT2D eigenvalue weighted by atomic mass is 10.1. The molecule has 0 amide bonds. The van der Waals surface area contributed by atoms with Gasteiger partial charge in [-0.1, -0.05) is 18.2 Å². The third kappa shape index (κ3) is 1.40. The van der Waals surface area contributed by atoms with E-state index in [0.717, 1.165) is 16.1 Å². The minimum absolute atomic E-state index is 0.708. The van der Waals surface area contributed by atoms with Gasteiger partial charge in [-0.15, -0.1) is 11.3 Å². The summed E-state index contributed by atoms with van der Waals surface area (Å²) in [6.07, 6.45) is 0. The molecule has 0 aliphatic carbocycles. The quantitative estimate of drug-likeness (QED) is 0.709. The monoisotopic (exact) mass is 200 g/mol. The minimum atomic E-state index is 0.708. The van der Waals surface area contributed by atoms with Crippen molar-refractivity contribution in [2.24, 2.45) is 0 Å².